The lowest BCUT2D eigenvalue weighted by Gasteiger charge is -2.06. The highest BCUT2D eigenvalue weighted by molar-refractivity contribution is 9.10. The summed E-state index contributed by atoms with van der Waals surface area (Å²) < 4.78 is 0.485. The molecule has 0 bridgehead atoms. The van der Waals surface area contributed by atoms with Crippen LogP contribution in [0.1, 0.15) is 10.4 Å². The molecule has 0 unspecified atom stereocenters. The highest BCUT2D eigenvalue weighted by Crippen LogP contribution is 2.31. The van der Waals surface area contributed by atoms with Gasteiger partial charge in [0.15, 0.2) is 5.16 Å². The number of hydrogen-bond donors (Lipinski definition) is 2. The number of aromatic nitrogens is 2. The van der Waals surface area contributed by atoms with Gasteiger partial charge in [0.05, 0.1) is 5.56 Å². The minimum absolute atomic E-state index is 0.147. The molecule has 1 aromatic carbocycles. The van der Waals surface area contributed by atoms with Crippen molar-refractivity contribution in [3.05, 3.63) is 50.9 Å². The summed E-state index contributed by atoms with van der Waals surface area (Å²) in [5, 5.41) is 9.49. The molecule has 1 aromatic heterocycles. The van der Waals surface area contributed by atoms with Crippen LogP contribution in [-0.4, -0.2) is 21.0 Å². The van der Waals surface area contributed by atoms with Gasteiger partial charge in [-0.1, -0.05) is 17.8 Å². The zero-order chi connectivity index (χ0) is 13.1. The predicted molar refractivity (Wildman–Crippen MR) is 70.1 cm³/mol. The fraction of sp³-hybridized carbons (Fsp3) is 0. The Hall–Kier alpha value is -1.60. The smallest absolute Gasteiger partial charge is 0.338 e. The second-order valence-electron chi connectivity index (χ2n) is 3.26. The molecule has 0 fully saturated rings. The van der Waals surface area contributed by atoms with E-state index in [1.54, 1.807) is 18.2 Å². The third-order valence-electron chi connectivity index (χ3n) is 2.04. The number of carboxylic acids is 1. The molecule has 2 N–H and O–H groups in total. The maximum absolute atomic E-state index is 11.2. The Kier molecular flexibility index (Phi) is 3.83. The summed E-state index contributed by atoms with van der Waals surface area (Å²) in [6.07, 6.45) is 1.37. The van der Waals surface area contributed by atoms with E-state index in [0.29, 0.717) is 14.5 Å². The van der Waals surface area contributed by atoms with Crippen LogP contribution in [0.25, 0.3) is 0 Å². The number of aromatic carboxylic acids is 1. The van der Waals surface area contributed by atoms with Gasteiger partial charge in [-0.25, -0.2) is 9.78 Å². The van der Waals surface area contributed by atoms with Gasteiger partial charge in [0.25, 0.3) is 5.56 Å². The molecule has 18 heavy (non-hydrogen) atoms. The molecule has 0 aliphatic heterocycles. The molecule has 7 heteroatoms. The molecule has 2 rings (SSSR count). The molecule has 5 nitrogen and oxygen atoms in total. The van der Waals surface area contributed by atoms with Gasteiger partial charge >= 0.3 is 5.97 Å². The number of nitrogens with one attached hydrogen (secondary N) is 1. The van der Waals surface area contributed by atoms with Crippen molar-refractivity contribution in [2.45, 2.75) is 10.1 Å². The molecule has 0 saturated carbocycles. The molecular formula is C11H7BrN2O3S. The highest BCUT2D eigenvalue weighted by Gasteiger charge is 2.15. The summed E-state index contributed by atoms with van der Waals surface area (Å²) in [7, 11) is 0. The Morgan fingerprint density at radius 3 is 2.83 bits per heavy atom. The minimum Gasteiger partial charge on any atom is -0.478 e. The lowest BCUT2D eigenvalue weighted by atomic mass is 10.2. The van der Waals surface area contributed by atoms with Crippen LogP contribution in [0.2, 0.25) is 0 Å². The van der Waals surface area contributed by atoms with Gasteiger partial charge in [-0.3, -0.25) is 4.79 Å². The van der Waals surface area contributed by atoms with Gasteiger partial charge in [0, 0.05) is 21.6 Å². The summed E-state index contributed by atoms with van der Waals surface area (Å²) in [6.45, 7) is 0. The number of rotatable bonds is 3. The minimum atomic E-state index is -1.04. The largest absolute Gasteiger partial charge is 0.478 e. The lowest BCUT2D eigenvalue weighted by Crippen LogP contribution is -2.06. The van der Waals surface area contributed by atoms with E-state index >= 15 is 0 Å². The molecule has 0 radical (unpaired) electrons. The van der Waals surface area contributed by atoms with Crippen LogP contribution in [0.15, 0.2) is 49.8 Å². The number of aromatic amines is 1. The molecule has 1 heterocycles. The fourth-order valence-electron chi connectivity index (χ4n) is 1.30. The van der Waals surface area contributed by atoms with Crippen LogP contribution in [0.3, 0.4) is 0 Å². The SMILES string of the molecule is O=C(O)c1c(Br)cccc1Sc1nccc(=O)[nH]1. The van der Waals surface area contributed by atoms with E-state index < -0.39 is 5.97 Å². The molecule has 0 saturated heterocycles. The van der Waals surface area contributed by atoms with E-state index in [9.17, 15) is 9.59 Å². The van der Waals surface area contributed by atoms with Gasteiger partial charge in [0.2, 0.25) is 0 Å². The number of carbonyl (C=O) groups is 1. The summed E-state index contributed by atoms with van der Waals surface area (Å²) >= 11 is 4.28. The quantitative estimate of drug-likeness (QED) is 0.846. The molecule has 0 spiro atoms. The van der Waals surface area contributed by atoms with Crippen LogP contribution in [0.5, 0.6) is 0 Å². The van der Waals surface area contributed by atoms with Crippen molar-refractivity contribution in [3.8, 4) is 0 Å². The normalized spacial score (nSPS) is 10.3. The van der Waals surface area contributed by atoms with Crippen molar-refractivity contribution in [1.82, 2.24) is 9.97 Å². The molecular weight excluding hydrogens is 320 g/mol. The third kappa shape index (κ3) is 2.80. The van der Waals surface area contributed by atoms with Crippen LogP contribution >= 0.6 is 27.7 Å². The van der Waals surface area contributed by atoms with Crippen molar-refractivity contribution in [1.29, 1.82) is 0 Å². The molecule has 0 amide bonds. The summed E-state index contributed by atoms with van der Waals surface area (Å²) in [5.74, 6) is -1.04. The van der Waals surface area contributed by atoms with Crippen LogP contribution in [0.4, 0.5) is 0 Å². The van der Waals surface area contributed by atoms with Crippen LogP contribution in [0, 0.1) is 0 Å². The maximum Gasteiger partial charge on any atom is 0.338 e. The first kappa shape index (κ1) is 12.8. The molecule has 92 valence electrons. The fourth-order valence-corrected chi connectivity index (χ4v) is 2.89. The van der Waals surface area contributed by atoms with Gasteiger partial charge in [-0.15, -0.1) is 0 Å². The molecule has 2 aromatic rings. The van der Waals surface area contributed by atoms with E-state index in [1.807, 2.05) is 0 Å². The monoisotopic (exact) mass is 326 g/mol. The van der Waals surface area contributed by atoms with Crippen molar-refractivity contribution >= 4 is 33.7 Å². The zero-order valence-corrected chi connectivity index (χ0v) is 11.3. The predicted octanol–water partition coefficient (Wildman–Crippen LogP) is 2.38. The maximum atomic E-state index is 11.2. The topological polar surface area (TPSA) is 83.0 Å². The first-order chi connectivity index (χ1) is 8.58. The Balaban J connectivity index is 2.43. The molecule has 0 atom stereocenters. The number of carboxylic acid groups (broad SMARTS) is 1. The van der Waals surface area contributed by atoms with E-state index in [4.69, 9.17) is 5.11 Å². The lowest BCUT2D eigenvalue weighted by molar-refractivity contribution is 0.0692. The first-order valence-electron chi connectivity index (χ1n) is 4.83. The third-order valence-corrected chi connectivity index (χ3v) is 3.67. The molecule has 0 aliphatic rings. The standard InChI is InChI=1S/C11H7BrN2O3S/c12-6-2-1-3-7(9(6)10(16)17)18-11-13-5-4-8(15)14-11/h1-5H,(H,16,17)(H,13,14,15). The summed E-state index contributed by atoms with van der Waals surface area (Å²) in [5.41, 5.74) is -0.131. The second kappa shape index (κ2) is 5.36. The Bertz CT molecular complexity index is 657. The Labute approximate surface area is 114 Å². The summed E-state index contributed by atoms with van der Waals surface area (Å²) in [6, 6.07) is 6.32. The number of nitrogens with zero attached hydrogens (tertiary/aromatic N) is 1. The number of H-pyrrole nitrogens is 1. The van der Waals surface area contributed by atoms with Crippen molar-refractivity contribution in [2.24, 2.45) is 0 Å². The summed E-state index contributed by atoms with van der Waals surface area (Å²) in [4.78, 5) is 29.3. The zero-order valence-electron chi connectivity index (χ0n) is 8.88. The second-order valence-corrected chi connectivity index (χ2v) is 5.14. The first-order valence-corrected chi connectivity index (χ1v) is 6.44. The van der Waals surface area contributed by atoms with Crippen molar-refractivity contribution < 1.29 is 9.90 Å². The number of benzene rings is 1. The van der Waals surface area contributed by atoms with Gasteiger partial charge in [-0.2, -0.15) is 0 Å². The Morgan fingerprint density at radius 1 is 1.39 bits per heavy atom. The van der Waals surface area contributed by atoms with E-state index in [0.717, 1.165) is 11.8 Å². The van der Waals surface area contributed by atoms with Gasteiger partial charge < -0.3 is 10.1 Å². The van der Waals surface area contributed by atoms with E-state index in [2.05, 4.69) is 25.9 Å². The van der Waals surface area contributed by atoms with E-state index in [1.165, 1.54) is 12.3 Å². The van der Waals surface area contributed by atoms with Crippen LogP contribution in [-0.2, 0) is 0 Å². The van der Waals surface area contributed by atoms with Crippen molar-refractivity contribution in [3.63, 3.8) is 0 Å². The Morgan fingerprint density at radius 2 is 2.17 bits per heavy atom. The van der Waals surface area contributed by atoms with Crippen LogP contribution < -0.4 is 5.56 Å². The average Bonchev–Trinajstić information content (AvgIpc) is 2.28. The average molecular weight is 327 g/mol. The highest BCUT2D eigenvalue weighted by atomic mass is 79.9. The van der Waals surface area contributed by atoms with Crippen molar-refractivity contribution in [2.75, 3.05) is 0 Å². The van der Waals surface area contributed by atoms with Gasteiger partial charge in [-0.05, 0) is 28.1 Å². The molecule has 0 aliphatic carbocycles. The van der Waals surface area contributed by atoms with Gasteiger partial charge in [0.1, 0.15) is 0 Å². The number of halogens is 1. The van der Waals surface area contributed by atoms with E-state index in [-0.39, 0.29) is 11.1 Å². The number of hydrogen-bond acceptors (Lipinski definition) is 4.